The number of aliphatic hydroxyl groups excluding tert-OH is 2. The molecule has 6 aromatic heterocycles. The molecule has 2 aliphatic rings. The minimum atomic E-state index is -0.978. The van der Waals surface area contributed by atoms with Crippen LogP contribution in [0.15, 0.2) is 69.7 Å². The van der Waals surface area contributed by atoms with Gasteiger partial charge < -0.3 is 48.7 Å². The number of aromatic carboxylic acids is 1. The van der Waals surface area contributed by atoms with Crippen LogP contribution in [-0.4, -0.2) is 112 Å². The lowest BCUT2D eigenvalue weighted by Crippen LogP contribution is -2.40. The van der Waals surface area contributed by atoms with E-state index < -0.39 is 5.97 Å². The fraction of sp³-hybridized carbons (Fsp3) is 0.403. The van der Waals surface area contributed by atoms with Crippen LogP contribution in [0.3, 0.4) is 0 Å². The molecule has 0 spiro atoms. The first kappa shape index (κ1) is 59.7. The number of nitrogens with one attached hydrogen (secondary N) is 2. The summed E-state index contributed by atoms with van der Waals surface area (Å²) in [5, 5.41) is 40.4. The molecule has 4 aromatic carbocycles. The Morgan fingerprint density at radius 1 is 0.565 bits per heavy atom. The number of H-pyrrole nitrogens is 2. The van der Waals surface area contributed by atoms with Gasteiger partial charge in [0.05, 0.1) is 76.7 Å². The van der Waals surface area contributed by atoms with Gasteiger partial charge in [0.25, 0.3) is 5.91 Å². The number of carboxylic acid groups (broad SMARTS) is 1. The van der Waals surface area contributed by atoms with E-state index in [0.717, 1.165) is 113 Å². The zero-order chi connectivity index (χ0) is 61.0. The number of amides is 1. The zero-order valence-corrected chi connectivity index (χ0v) is 51.2. The summed E-state index contributed by atoms with van der Waals surface area (Å²) < 4.78 is 22.5. The predicted molar refractivity (Wildman–Crippen MR) is 331 cm³/mol. The summed E-state index contributed by atoms with van der Waals surface area (Å²) in [5.74, 6) is 2.99. The molecule has 12 rings (SSSR count). The molecule has 1 aliphatic carbocycles. The molecule has 5 N–H and O–H groups in total. The van der Waals surface area contributed by atoms with Crippen LogP contribution in [-0.2, 0) is 10.8 Å². The van der Waals surface area contributed by atoms with Gasteiger partial charge in [0, 0.05) is 62.7 Å². The van der Waals surface area contributed by atoms with Gasteiger partial charge in [-0.3, -0.25) is 4.79 Å². The summed E-state index contributed by atoms with van der Waals surface area (Å²) in [7, 11) is 3.29. The molecular formula is C67H77N9O9. The maximum absolute atomic E-state index is 13.7. The van der Waals surface area contributed by atoms with Crippen molar-refractivity contribution in [3.05, 3.63) is 117 Å². The lowest BCUT2D eigenvalue weighted by atomic mass is 9.84. The van der Waals surface area contributed by atoms with E-state index >= 15 is 0 Å². The summed E-state index contributed by atoms with van der Waals surface area (Å²) in [4.78, 5) is 53.6. The zero-order valence-electron chi connectivity index (χ0n) is 51.2. The molecule has 0 bridgehead atoms. The van der Waals surface area contributed by atoms with Gasteiger partial charge in [0.15, 0.2) is 0 Å². The Balaban J connectivity index is 0.000000171. The van der Waals surface area contributed by atoms with Crippen LogP contribution in [0.4, 0.5) is 0 Å². The van der Waals surface area contributed by atoms with E-state index in [0.29, 0.717) is 77.4 Å². The number of methoxy groups -OCH3 is 2. The number of nitrogens with zero attached hydrogens (tertiary/aromatic N) is 7. The molecule has 18 nitrogen and oxygen atoms in total. The van der Waals surface area contributed by atoms with Crippen LogP contribution < -0.4 is 9.47 Å². The molecule has 0 unspecified atom stereocenters. The van der Waals surface area contributed by atoms with Gasteiger partial charge in [0.2, 0.25) is 0 Å². The van der Waals surface area contributed by atoms with E-state index in [9.17, 15) is 19.8 Å². The van der Waals surface area contributed by atoms with E-state index in [-0.39, 0.29) is 34.5 Å². The number of hydrogen-bond acceptors (Lipinski definition) is 14. The average molecular weight is 1150 g/mol. The van der Waals surface area contributed by atoms with Gasteiger partial charge in [-0.05, 0) is 150 Å². The second-order valence-electron chi connectivity index (χ2n) is 24.7. The van der Waals surface area contributed by atoms with Crippen LogP contribution in [0.25, 0.3) is 88.6 Å². The number of piperidine rings is 1. The van der Waals surface area contributed by atoms with Crippen molar-refractivity contribution in [2.45, 2.75) is 151 Å². The van der Waals surface area contributed by atoms with Gasteiger partial charge >= 0.3 is 5.97 Å². The van der Waals surface area contributed by atoms with Crippen LogP contribution in [0.5, 0.6) is 11.5 Å². The molecule has 1 aliphatic heterocycles. The molecule has 1 saturated heterocycles. The number of carboxylic acids is 1. The Kier molecular flexibility index (Phi) is 16.5. The largest absolute Gasteiger partial charge is 0.496 e. The van der Waals surface area contributed by atoms with Crippen molar-refractivity contribution in [1.29, 1.82) is 0 Å². The van der Waals surface area contributed by atoms with Crippen molar-refractivity contribution in [3.63, 3.8) is 0 Å². The lowest BCUT2D eigenvalue weighted by molar-refractivity contribution is 0.0545. The van der Waals surface area contributed by atoms with Gasteiger partial charge in [-0.2, -0.15) is 0 Å². The Morgan fingerprint density at radius 3 is 1.36 bits per heavy atom. The first-order valence-electron chi connectivity index (χ1n) is 29.1. The highest BCUT2D eigenvalue weighted by Crippen LogP contribution is 2.44. The molecule has 18 heteroatoms. The van der Waals surface area contributed by atoms with Gasteiger partial charge in [-0.25, -0.2) is 24.7 Å². The summed E-state index contributed by atoms with van der Waals surface area (Å²) >= 11 is 0. The monoisotopic (exact) mass is 1150 g/mol. The maximum Gasteiger partial charge on any atom is 0.335 e. The van der Waals surface area contributed by atoms with Crippen molar-refractivity contribution >= 4 is 55.7 Å². The summed E-state index contributed by atoms with van der Waals surface area (Å²) in [6, 6.07) is 19.5. The van der Waals surface area contributed by atoms with Crippen molar-refractivity contribution in [3.8, 4) is 56.3 Å². The molecule has 85 heavy (non-hydrogen) atoms. The van der Waals surface area contributed by atoms with E-state index in [4.69, 9.17) is 38.6 Å². The van der Waals surface area contributed by atoms with Crippen LogP contribution in [0, 0.1) is 41.5 Å². The predicted octanol–water partition coefficient (Wildman–Crippen LogP) is 13.9. The Hall–Kier alpha value is -8.48. The van der Waals surface area contributed by atoms with Gasteiger partial charge in [0.1, 0.15) is 46.0 Å². The van der Waals surface area contributed by atoms with Crippen LogP contribution in [0.2, 0.25) is 0 Å². The highest BCUT2D eigenvalue weighted by Gasteiger charge is 2.29. The Bertz CT molecular complexity index is 4140. The first-order valence-corrected chi connectivity index (χ1v) is 29.1. The molecule has 1 amide bonds. The summed E-state index contributed by atoms with van der Waals surface area (Å²) in [5.41, 5.74) is 13.6. The number of fused-ring (bicyclic) bond motifs is 6. The minimum Gasteiger partial charge on any atom is -0.496 e. The van der Waals surface area contributed by atoms with Crippen molar-refractivity contribution in [2.75, 3.05) is 27.3 Å². The molecule has 7 heterocycles. The number of carbonyl (C=O) groups is 2. The molecule has 444 valence electrons. The Morgan fingerprint density at radius 2 is 0.988 bits per heavy atom. The number of aryl methyl sites for hydroxylation is 6. The fourth-order valence-corrected chi connectivity index (χ4v) is 11.7. The molecular weight excluding hydrogens is 1070 g/mol. The normalized spacial score (nSPS) is 14.4. The van der Waals surface area contributed by atoms with Gasteiger partial charge in [-0.1, -0.05) is 71.1 Å². The van der Waals surface area contributed by atoms with E-state index in [1.165, 1.54) is 19.3 Å². The Labute approximate surface area is 494 Å². The fourth-order valence-electron chi connectivity index (χ4n) is 11.7. The van der Waals surface area contributed by atoms with Gasteiger partial charge in [-0.15, -0.1) is 0 Å². The summed E-state index contributed by atoms with van der Waals surface area (Å²) in [6.45, 7) is 25.0. The number of aromatic amines is 2. The number of aromatic nitrogens is 8. The number of rotatable bonds is 8. The highest BCUT2D eigenvalue weighted by atomic mass is 16.5. The molecule has 0 radical (unpaired) electrons. The average Bonchev–Trinajstić information content (AvgIpc) is 1.72. The van der Waals surface area contributed by atoms with Crippen LogP contribution in [0.1, 0.15) is 153 Å². The number of ether oxygens (including phenoxy) is 2. The van der Waals surface area contributed by atoms with Crippen molar-refractivity contribution in [2.24, 2.45) is 0 Å². The van der Waals surface area contributed by atoms with E-state index in [1.807, 2.05) is 88.9 Å². The van der Waals surface area contributed by atoms with Crippen molar-refractivity contribution in [1.82, 2.24) is 45.1 Å². The number of benzene rings is 4. The maximum atomic E-state index is 13.7. The first-order chi connectivity index (χ1) is 40.3. The second kappa shape index (κ2) is 23.5. The third-order valence-electron chi connectivity index (χ3n) is 16.3. The number of likely N-dealkylation sites (tertiary alicyclic amines) is 1. The lowest BCUT2D eigenvalue weighted by Gasteiger charge is -2.30. The molecule has 2 fully saturated rings. The molecule has 0 atom stereocenters. The smallest absolute Gasteiger partial charge is 0.335 e. The topological polar surface area (TPSA) is 252 Å². The quantitative estimate of drug-likeness (QED) is 0.0948. The number of aliphatic hydroxyl groups is 2. The third kappa shape index (κ3) is 12.1. The number of hydrogen-bond donors (Lipinski definition) is 5. The highest BCUT2D eigenvalue weighted by molar-refractivity contribution is 6.15. The van der Waals surface area contributed by atoms with Crippen LogP contribution >= 0.6 is 0 Å². The molecule has 1 saturated carbocycles. The van der Waals surface area contributed by atoms with Crippen molar-refractivity contribution < 1.29 is 43.4 Å². The number of carbonyl (C=O) groups excluding carboxylic acids is 1. The molecule has 10 aromatic rings. The second-order valence-corrected chi connectivity index (χ2v) is 24.7. The SMILES string of the molecule is COc1cc2c(cc1-c1c(C)noc1C)[nH]c1nc(C)nc(-c3cc(C(=O)N4CCC(O)CC4)cc(C(C)(C)C)c3)c12.COc1cc2c(cc1-c1c(C)noc1C)[nH]c1nc(C)nc(-c3cc(C(=O)O)cc(C(C)(C)C)c3)c12.OC1CCCCC1. The summed E-state index contributed by atoms with van der Waals surface area (Å²) in [6.07, 6.45) is 6.76. The minimum absolute atomic E-state index is 0.0269. The third-order valence-corrected chi connectivity index (χ3v) is 16.3. The standard InChI is InChI=1S/C33H37N5O4.C28H28N4O4.C6H12O/c1-17-28(18(2)42-37-17)25-15-26-24(16-27(25)41-7)29-30(34-19(3)35-31(29)36-26)20-12-21(14-22(13-20)33(4,5)6)32(40)38-10-8-23(39)9-11-38;1-13-23(14(2)36-32-13)20-11-21-19(12-22(20)35-7)24-25(29-15(3)30-26(24)31-21)16-8-17(27(33)34)10-18(9-16)28(4,5)6;7-6-4-2-1-3-5-6/h12-16,23,39H,8-11H2,1-7H3,(H,34,35,36);8-12H,1-7H3,(H,33,34)(H,29,30,31);6-7H,1-5H2. The van der Waals surface area contributed by atoms with E-state index in [2.05, 4.69) is 72.9 Å². The van der Waals surface area contributed by atoms with E-state index in [1.54, 1.807) is 26.4 Å².